The molecule has 0 aromatic carbocycles. The molecule has 1 aliphatic carbocycles. The Morgan fingerprint density at radius 1 is 1.29 bits per heavy atom. The van der Waals surface area contributed by atoms with Gasteiger partial charge in [-0.1, -0.05) is 6.07 Å². The van der Waals surface area contributed by atoms with Gasteiger partial charge in [-0.05, 0) is 30.4 Å². The SMILES string of the molecule is O=S(=O)(NCCNc1ccnc(C2CC2)n1)c1cccs1. The standard InChI is InChI=1S/C13H16N4O2S2/c18-21(19,12-2-1-9-20-12)16-8-7-14-11-5-6-15-13(17-11)10-3-4-10/h1-2,5-6,9-10,16H,3-4,7-8H2,(H,14,15,17). The van der Waals surface area contributed by atoms with Gasteiger partial charge in [-0.15, -0.1) is 11.3 Å². The van der Waals surface area contributed by atoms with Crippen molar-refractivity contribution in [3.8, 4) is 0 Å². The molecule has 112 valence electrons. The molecule has 0 amide bonds. The van der Waals surface area contributed by atoms with Gasteiger partial charge in [0.1, 0.15) is 15.9 Å². The number of nitrogens with one attached hydrogen (secondary N) is 2. The van der Waals surface area contributed by atoms with Crippen LogP contribution in [0, 0.1) is 0 Å². The van der Waals surface area contributed by atoms with Gasteiger partial charge in [0.15, 0.2) is 0 Å². The molecule has 0 spiro atoms. The minimum atomic E-state index is -3.39. The quantitative estimate of drug-likeness (QED) is 0.759. The maximum absolute atomic E-state index is 11.9. The van der Waals surface area contributed by atoms with Gasteiger partial charge in [0.25, 0.3) is 0 Å². The first kappa shape index (κ1) is 14.4. The highest BCUT2D eigenvalue weighted by atomic mass is 32.2. The van der Waals surface area contributed by atoms with Gasteiger partial charge in [-0.2, -0.15) is 0 Å². The van der Waals surface area contributed by atoms with Crippen molar-refractivity contribution in [3.63, 3.8) is 0 Å². The zero-order valence-corrected chi connectivity index (χ0v) is 13.0. The normalized spacial score (nSPS) is 15.0. The molecule has 8 heteroatoms. The van der Waals surface area contributed by atoms with E-state index in [1.165, 1.54) is 11.3 Å². The van der Waals surface area contributed by atoms with Crippen LogP contribution in [0.3, 0.4) is 0 Å². The van der Waals surface area contributed by atoms with Crippen LogP contribution in [0.1, 0.15) is 24.6 Å². The van der Waals surface area contributed by atoms with E-state index in [4.69, 9.17) is 0 Å². The first-order valence-corrected chi connectivity index (χ1v) is 9.11. The smallest absolute Gasteiger partial charge is 0.250 e. The van der Waals surface area contributed by atoms with Crippen molar-refractivity contribution < 1.29 is 8.42 Å². The lowest BCUT2D eigenvalue weighted by Crippen LogP contribution is -2.28. The van der Waals surface area contributed by atoms with Crippen molar-refractivity contribution >= 4 is 27.2 Å². The lowest BCUT2D eigenvalue weighted by atomic mass is 10.4. The number of anilines is 1. The van der Waals surface area contributed by atoms with E-state index in [2.05, 4.69) is 20.0 Å². The number of nitrogens with zero attached hydrogens (tertiary/aromatic N) is 2. The molecule has 1 aliphatic rings. The second kappa shape index (κ2) is 6.08. The first-order chi connectivity index (χ1) is 10.1. The molecule has 0 unspecified atom stereocenters. The highest BCUT2D eigenvalue weighted by Crippen LogP contribution is 2.37. The Kier molecular flexibility index (Phi) is 4.18. The highest BCUT2D eigenvalue weighted by molar-refractivity contribution is 7.91. The maximum Gasteiger partial charge on any atom is 0.250 e. The van der Waals surface area contributed by atoms with E-state index >= 15 is 0 Å². The molecule has 2 aromatic rings. The van der Waals surface area contributed by atoms with Crippen molar-refractivity contribution in [2.75, 3.05) is 18.4 Å². The fourth-order valence-electron chi connectivity index (χ4n) is 1.87. The number of hydrogen-bond donors (Lipinski definition) is 2. The summed E-state index contributed by atoms with van der Waals surface area (Å²) in [5.74, 6) is 2.12. The van der Waals surface area contributed by atoms with Crippen molar-refractivity contribution in [3.05, 3.63) is 35.6 Å². The van der Waals surface area contributed by atoms with Gasteiger partial charge in [0, 0.05) is 25.2 Å². The highest BCUT2D eigenvalue weighted by Gasteiger charge is 2.26. The molecular weight excluding hydrogens is 308 g/mol. The van der Waals surface area contributed by atoms with Gasteiger partial charge >= 0.3 is 0 Å². The second-order valence-corrected chi connectivity index (χ2v) is 7.77. The largest absolute Gasteiger partial charge is 0.369 e. The Morgan fingerprint density at radius 3 is 2.86 bits per heavy atom. The average Bonchev–Trinajstić information content (AvgIpc) is 3.18. The summed E-state index contributed by atoms with van der Waals surface area (Å²) in [6, 6.07) is 5.10. The van der Waals surface area contributed by atoms with Crippen LogP contribution in [0.4, 0.5) is 5.82 Å². The van der Waals surface area contributed by atoms with Gasteiger partial charge in [0.2, 0.25) is 10.0 Å². The van der Waals surface area contributed by atoms with Gasteiger partial charge in [-0.3, -0.25) is 0 Å². The number of aromatic nitrogens is 2. The van der Waals surface area contributed by atoms with Crippen LogP contribution in [-0.2, 0) is 10.0 Å². The van der Waals surface area contributed by atoms with Crippen LogP contribution in [0.2, 0.25) is 0 Å². The van der Waals surface area contributed by atoms with Gasteiger partial charge in [0.05, 0.1) is 0 Å². The molecule has 2 aromatic heterocycles. The van der Waals surface area contributed by atoms with Crippen molar-refractivity contribution in [2.45, 2.75) is 23.0 Å². The van der Waals surface area contributed by atoms with E-state index in [1.807, 2.05) is 0 Å². The zero-order valence-electron chi connectivity index (χ0n) is 11.3. The van der Waals surface area contributed by atoms with Crippen LogP contribution in [0.5, 0.6) is 0 Å². The minimum Gasteiger partial charge on any atom is -0.369 e. The summed E-state index contributed by atoms with van der Waals surface area (Å²) in [6.07, 6.45) is 4.05. The van der Waals surface area contributed by atoms with Crippen LogP contribution in [0.25, 0.3) is 0 Å². The average molecular weight is 324 g/mol. The molecule has 1 fully saturated rings. The van der Waals surface area contributed by atoms with Gasteiger partial charge in [-0.25, -0.2) is 23.1 Å². The zero-order chi connectivity index (χ0) is 14.7. The molecule has 3 rings (SSSR count). The summed E-state index contributed by atoms with van der Waals surface area (Å²) in [5.41, 5.74) is 0. The molecule has 2 heterocycles. The molecule has 6 nitrogen and oxygen atoms in total. The topological polar surface area (TPSA) is 84.0 Å². The molecule has 0 atom stereocenters. The third kappa shape index (κ3) is 3.78. The van der Waals surface area contributed by atoms with E-state index < -0.39 is 10.0 Å². The Hall–Kier alpha value is -1.51. The predicted octanol–water partition coefficient (Wildman–Crippen LogP) is 1.81. The van der Waals surface area contributed by atoms with Crippen molar-refractivity contribution in [2.24, 2.45) is 0 Å². The number of hydrogen-bond acceptors (Lipinski definition) is 6. The molecule has 0 bridgehead atoms. The number of sulfonamides is 1. The molecule has 1 saturated carbocycles. The summed E-state index contributed by atoms with van der Waals surface area (Å²) in [5, 5.41) is 4.85. The Balaban J connectivity index is 1.49. The molecule has 2 N–H and O–H groups in total. The molecule has 21 heavy (non-hydrogen) atoms. The van der Waals surface area contributed by atoms with E-state index in [1.54, 1.807) is 29.8 Å². The molecule has 0 saturated heterocycles. The third-order valence-electron chi connectivity index (χ3n) is 3.10. The Bertz CT molecular complexity index is 697. The summed E-state index contributed by atoms with van der Waals surface area (Å²) < 4.78 is 26.7. The van der Waals surface area contributed by atoms with E-state index in [9.17, 15) is 8.42 Å². The Labute approximate surface area is 127 Å². The maximum atomic E-state index is 11.9. The lowest BCUT2D eigenvalue weighted by molar-refractivity contribution is 0.585. The predicted molar refractivity (Wildman–Crippen MR) is 82.0 cm³/mol. The monoisotopic (exact) mass is 324 g/mol. The van der Waals surface area contributed by atoms with Crippen LogP contribution >= 0.6 is 11.3 Å². The summed E-state index contributed by atoms with van der Waals surface area (Å²) in [6.45, 7) is 0.786. The summed E-state index contributed by atoms with van der Waals surface area (Å²) in [4.78, 5) is 8.66. The molecule has 0 radical (unpaired) electrons. The summed E-state index contributed by atoms with van der Waals surface area (Å²) >= 11 is 1.20. The number of thiophene rings is 1. The second-order valence-electron chi connectivity index (χ2n) is 4.83. The minimum absolute atomic E-state index is 0.309. The van der Waals surface area contributed by atoms with Crippen LogP contribution in [-0.4, -0.2) is 31.5 Å². The van der Waals surface area contributed by atoms with E-state index in [-0.39, 0.29) is 0 Å². The van der Waals surface area contributed by atoms with Crippen LogP contribution < -0.4 is 10.0 Å². The summed E-state index contributed by atoms with van der Waals surface area (Å²) in [7, 11) is -3.39. The van der Waals surface area contributed by atoms with Gasteiger partial charge < -0.3 is 5.32 Å². The van der Waals surface area contributed by atoms with Crippen molar-refractivity contribution in [1.82, 2.24) is 14.7 Å². The third-order valence-corrected chi connectivity index (χ3v) is 5.96. The fraction of sp³-hybridized carbons (Fsp3) is 0.385. The molecular formula is C13H16N4O2S2. The Morgan fingerprint density at radius 2 is 2.14 bits per heavy atom. The fourth-order valence-corrected chi connectivity index (χ4v) is 3.94. The lowest BCUT2D eigenvalue weighted by Gasteiger charge is -2.08. The van der Waals surface area contributed by atoms with Crippen LogP contribution in [0.15, 0.2) is 34.0 Å². The first-order valence-electron chi connectivity index (χ1n) is 6.75. The number of rotatable bonds is 7. The van der Waals surface area contributed by atoms with E-state index in [0.29, 0.717) is 23.2 Å². The van der Waals surface area contributed by atoms with Crippen molar-refractivity contribution in [1.29, 1.82) is 0 Å². The van der Waals surface area contributed by atoms with E-state index in [0.717, 1.165) is 24.5 Å². The molecule has 0 aliphatic heterocycles.